The van der Waals surface area contributed by atoms with Crippen LogP contribution in [0.1, 0.15) is 34.1 Å². The molecule has 0 aromatic heterocycles. The number of alkyl halides is 3. The largest absolute Gasteiger partial charge is 0.195 e. The van der Waals surface area contributed by atoms with Crippen LogP contribution in [0.4, 0.5) is 0 Å². The molecule has 0 amide bonds. The third-order valence-corrected chi connectivity index (χ3v) is 1.83. The fourth-order valence-corrected chi connectivity index (χ4v) is 1.14. The number of halogens is 3. The Morgan fingerprint density at radius 1 is 1.14 bits per heavy atom. The Balaban J connectivity index is 4.62. The first-order valence-corrected chi connectivity index (χ1v) is 5.50. The van der Waals surface area contributed by atoms with Crippen molar-refractivity contribution >= 4 is 46.2 Å². The van der Waals surface area contributed by atoms with E-state index in [9.17, 15) is 0 Å². The summed E-state index contributed by atoms with van der Waals surface area (Å²) in [5, 5.41) is 8.02. The Hall–Kier alpha value is 0.210. The van der Waals surface area contributed by atoms with Crippen LogP contribution < -0.4 is 0 Å². The monoisotopic (exact) mass is 256 g/mol. The molecular formula is C9H15Cl3N2. The summed E-state index contributed by atoms with van der Waals surface area (Å²) in [5.41, 5.74) is 1.68. The van der Waals surface area contributed by atoms with E-state index in [1.165, 1.54) is 0 Å². The Kier molecular flexibility index (Phi) is 6.03. The van der Waals surface area contributed by atoms with Crippen molar-refractivity contribution in [3.63, 3.8) is 0 Å². The van der Waals surface area contributed by atoms with E-state index in [1.807, 2.05) is 27.7 Å². The smallest absolute Gasteiger partial charge is 0.161 e. The zero-order valence-electron chi connectivity index (χ0n) is 8.81. The molecule has 2 nitrogen and oxygen atoms in total. The summed E-state index contributed by atoms with van der Waals surface area (Å²) in [6.07, 6.45) is 0.312. The van der Waals surface area contributed by atoms with Gasteiger partial charge in [-0.05, 0) is 19.8 Å². The quantitative estimate of drug-likeness (QED) is 0.410. The minimum Gasteiger partial charge on any atom is -0.161 e. The highest BCUT2D eigenvalue weighted by molar-refractivity contribution is 6.68. The zero-order valence-corrected chi connectivity index (χ0v) is 11.1. The van der Waals surface area contributed by atoms with Gasteiger partial charge in [-0.15, -0.1) is 0 Å². The summed E-state index contributed by atoms with van der Waals surface area (Å²) in [6.45, 7) is 7.74. The summed E-state index contributed by atoms with van der Waals surface area (Å²) >= 11 is 17.1. The molecule has 0 radical (unpaired) electrons. The van der Waals surface area contributed by atoms with Gasteiger partial charge in [-0.1, -0.05) is 48.7 Å². The topological polar surface area (TPSA) is 24.7 Å². The van der Waals surface area contributed by atoms with Gasteiger partial charge in [-0.2, -0.15) is 10.2 Å². The SMILES string of the molecule is CC(C)=N/N=C(\CC(Cl)(Cl)Cl)C(C)C. The standard InChI is InChI=1S/C9H15Cl3N2/c1-6(2)8(5-9(10,11)12)14-13-7(3)4/h6H,5H2,1-4H3/b14-8+. The van der Waals surface area contributed by atoms with E-state index in [1.54, 1.807) is 0 Å². The van der Waals surface area contributed by atoms with Gasteiger partial charge in [0.15, 0.2) is 3.79 Å². The highest BCUT2D eigenvalue weighted by atomic mass is 35.6. The lowest BCUT2D eigenvalue weighted by atomic mass is 10.1. The first kappa shape index (κ1) is 14.2. The van der Waals surface area contributed by atoms with Crippen molar-refractivity contribution in [1.29, 1.82) is 0 Å². The normalized spacial score (nSPS) is 13.3. The van der Waals surface area contributed by atoms with Crippen LogP contribution in [0.15, 0.2) is 10.2 Å². The Morgan fingerprint density at radius 3 is 1.93 bits per heavy atom. The van der Waals surface area contributed by atoms with E-state index in [0.29, 0.717) is 6.42 Å². The zero-order chi connectivity index (χ0) is 11.4. The van der Waals surface area contributed by atoms with Crippen molar-refractivity contribution in [3.05, 3.63) is 0 Å². The van der Waals surface area contributed by atoms with Crippen LogP contribution in [0.2, 0.25) is 0 Å². The van der Waals surface area contributed by atoms with Gasteiger partial charge >= 0.3 is 0 Å². The Morgan fingerprint density at radius 2 is 1.64 bits per heavy atom. The molecule has 0 fully saturated rings. The van der Waals surface area contributed by atoms with E-state index in [2.05, 4.69) is 10.2 Å². The van der Waals surface area contributed by atoms with Gasteiger partial charge in [-0.25, -0.2) is 0 Å². The Labute approximate surface area is 100 Å². The van der Waals surface area contributed by atoms with Gasteiger partial charge in [0.2, 0.25) is 0 Å². The summed E-state index contributed by atoms with van der Waals surface area (Å²) in [4.78, 5) is 0. The maximum absolute atomic E-state index is 5.69. The second kappa shape index (κ2) is 5.94. The molecule has 0 rings (SSSR count). The molecule has 82 valence electrons. The Bertz CT molecular complexity index is 235. The van der Waals surface area contributed by atoms with Crippen molar-refractivity contribution in [2.45, 2.75) is 37.9 Å². The number of hydrogen-bond donors (Lipinski definition) is 0. The van der Waals surface area contributed by atoms with E-state index in [-0.39, 0.29) is 5.92 Å². The van der Waals surface area contributed by atoms with Crippen molar-refractivity contribution in [2.75, 3.05) is 0 Å². The van der Waals surface area contributed by atoms with E-state index < -0.39 is 3.79 Å². The molecule has 0 aliphatic heterocycles. The lowest BCUT2D eigenvalue weighted by molar-refractivity contribution is 0.835. The van der Waals surface area contributed by atoms with Crippen LogP contribution in [0.3, 0.4) is 0 Å². The molecule has 14 heavy (non-hydrogen) atoms. The first-order chi connectivity index (χ1) is 6.22. The number of hydrogen-bond acceptors (Lipinski definition) is 2. The van der Waals surface area contributed by atoms with Crippen molar-refractivity contribution in [3.8, 4) is 0 Å². The molecule has 0 bridgehead atoms. The molecule has 0 aromatic rings. The van der Waals surface area contributed by atoms with Crippen LogP contribution in [0, 0.1) is 5.92 Å². The third-order valence-electron chi connectivity index (χ3n) is 1.43. The highest BCUT2D eigenvalue weighted by Crippen LogP contribution is 2.31. The van der Waals surface area contributed by atoms with Crippen molar-refractivity contribution in [2.24, 2.45) is 16.1 Å². The first-order valence-electron chi connectivity index (χ1n) is 4.36. The molecule has 0 N–H and O–H groups in total. The number of rotatable bonds is 3. The van der Waals surface area contributed by atoms with Gasteiger partial charge in [0, 0.05) is 17.8 Å². The van der Waals surface area contributed by atoms with Gasteiger partial charge in [0.1, 0.15) is 0 Å². The predicted octanol–water partition coefficient (Wildman–Crippen LogP) is 4.24. The maximum atomic E-state index is 5.69. The lowest BCUT2D eigenvalue weighted by Gasteiger charge is -2.14. The van der Waals surface area contributed by atoms with Crippen LogP contribution in [0.5, 0.6) is 0 Å². The molecule has 0 aliphatic rings. The summed E-state index contributed by atoms with van der Waals surface area (Å²) < 4.78 is -1.29. The molecule has 0 aromatic carbocycles. The fraction of sp³-hybridized carbons (Fsp3) is 0.778. The average Bonchev–Trinajstić information content (AvgIpc) is 1.94. The molecule has 0 spiro atoms. The third kappa shape index (κ3) is 7.60. The van der Waals surface area contributed by atoms with Crippen molar-refractivity contribution < 1.29 is 0 Å². The second-order valence-corrected chi connectivity index (χ2v) is 6.10. The van der Waals surface area contributed by atoms with Gasteiger partial charge in [-0.3, -0.25) is 0 Å². The van der Waals surface area contributed by atoms with Gasteiger partial charge < -0.3 is 0 Å². The molecule has 5 heteroatoms. The predicted molar refractivity (Wildman–Crippen MR) is 66.0 cm³/mol. The molecule has 0 aliphatic carbocycles. The second-order valence-electron chi connectivity index (χ2n) is 3.59. The maximum Gasteiger partial charge on any atom is 0.195 e. The molecule has 0 saturated heterocycles. The highest BCUT2D eigenvalue weighted by Gasteiger charge is 2.24. The minimum atomic E-state index is -1.29. The van der Waals surface area contributed by atoms with E-state index in [0.717, 1.165) is 11.4 Å². The lowest BCUT2D eigenvalue weighted by Crippen LogP contribution is -2.16. The van der Waals surface area contributed by atoms with Crippen LogP contribution in [-0.4, -0.2) is 15.2 Å². The molecule has 0 heterocycles. The molecule has 0 saturated carbocycles. The van der Waals surface area contributed by atoms with E-state index in [4.69, 9.17) is 34.8 Å². The summed E-state index contributed by atoms with van der Waals surface area (Å²) in [5.74, 6) is 0.230. The minimum absolute atomic E-state index is 0.230. The van der Waals surface area contributed by atoms with Crippen LogP contribution in [-0.2, 0) is 0 Å². The van der Waals surface area contributed by atoms with Gasteiger partial charge in [0.05, 0.1) is 0 Å². The molecule has 0 atom stereocenters. The number of nitrogens with zero attached hydrogens (tertiary/aromatic N) is 2. The van der Waals surface area contributed by atoms with Crippen LogP contribution in [0.25, 0.3) is 0 Å². The average molecular weight is 258 g/mol. The molecule has 0 unspecified atom stereocenters. The van der Waals surface area contributed by atoms with Crippen molar-refractivity contribution in [1.82, 2.24) is 0 Å². The van der Waals surface area contributed by atoms with Gasteiger partial charge in [0.25, 0.3) is 0 Å². The van der Waals surface area contributed by atoms with Crippen LogP contribution >= 0.6 is 34.8 Å². The molecular weight excluding hydrogens is 242 g/mol. The summed E-state index contributed by atoms with van der Waals surface area (Å²) in [7, 11) is 0. The fourth-order valence-electron chi connectivity index (χ4n) is 0.725. The van der Waals surface area contributed by atoms with E-state index >= 15 is 0 Å². The summed E-state index contributed by atoms with van der Waals surface area (Å²) in [6, 6.07) is 0.